The quantitative estimate of drug-likeness (QED) is 0.802. The minimum Gasteiger partial charge on any atom is -0.398 e. The zero-order valence-electron chi connectivity index (χ0n) is 12.7. The van der Waals surface area contributed by atoms with Crippen LogP contribution in [0, 0.1) is 5.92 Å². The van der Waals surface area contributed by atoms with Crippen LogP contribution in [0.1, 0.15) is 25.3 Å². The summed E-state index contributed by atoms with van der Waals surface area (Å²) in [7, 11) is 0. The summed E-state index contributed by atoms with van der Waals surface area (Å²) in [5.74, 6) is 0.0974. The molecule has 2 N–H and O–H groups in total. The molecule has 1 aromatic rings. The summed E-state index contributed by atoms with van der Waals surface area (Å²) >= 11 is 0. The van der Waals surface area contributed by atoms with Crippen molar-refractivity contribution in [3.63, 3.8) is 0 Å². The van der Waals surface area contributed by atoms with E-state index in [0.29, 0.717) is 13.1 Å². The van der Waals surface area contributed by atoms with E-state index in [-0.39, 0.29) is 30.1 Å². The van der Waals surface area contributed by atoms with Gasteiger partial charge in [0.25, 0.3) is 0 Å². The molecule has 1 atom stereocenters. The van der Waals surface area contributed by atoms with Gasteiger partial charge in [0.05, 0.1) is 5.92 Å². The standard InChI is InChI=1S/C16H21N3O2.ClH/c1-11(20)18-9-7-12(10-18)16(21)19-8-3-4-13-14(17)5-2-6-15(13)19;/h2,5-6,12H,3-4,7-10,17H2,1H3;1H. The second-order valence-corrected chi connectivity index (χ2v) is 5.89. The lowest BCUT2D eigenvalue weighted by molar-refractivity contribution is -0.128. The minimum atomic E-state index is -0.0821. The van der Waals surface area contributed by atoms with Gasteiger partial charge in [0.1, 0.15) is 0 Å². The fraction of sp³-hybridized carbons (Fsp3) is 0.500. The molecule has 0 bridgehead atoms. The van der Waals surface area contributed by atoms with E-state index < -0.39 is 0 Å². The van der Waals surface area contributed by atoms with E-state index in [1.165, 1.54) is 0 Å². The number of carbonyl (C=O) groups excluding carboxylic acids is 2. The van der Waals surface area contributed by atoms with E-state index in [1.807, 2.05) is 23.1 Å². The van der Waals surface area contributed by atoms with Crippen LogP contribution >= 0.6 is 12.4 Å². The minimum absolute atomic E-state index is 0. The fourth-order valence-corrected chi connectivity index (χ4v) is 3.35. The SMILES string of the molecule is CC(=O)N1CCC(C(=O)N2CCCc3c(N)cccc32)C1.Cl. The molecule has 2 aliphatic rings. The zero-order chi connectivity index (χ0) is 15.0. The normalized spacial score (nSPS) is 20.3. The second kappa shape index (κ2) is 6.57. The molecule has 0 aliphatic carbocycles. The van der Waals surface area contributed by atoms with Crippen LogP contribution in [0.15, 0.2) is 18.2 Å². The Kier molecular flexibility index (Phi) is 4.96. The summed E-state index contributed by atoms with van der Waals surface area (Å²) in [5, 5.41) is 0. The molecule has 0 radical (unpaired) electrons. The average Bonchev–Trinajstić information content (AvgIpc) is 2.96. The number of carbonyl (C=O) groups is 2. The zero-order valence-corrected chi connectivity index (χ0v) is 13.6. The third-order valence-electron chi connectivity index (χ3n) is 4.54. The molecule has 0 saturated carbocycles. The number of hydrogen-bond acceptors (Lipinski definition) is 3. The van der Waals surface area contributed by atoms with Crippen LogP contribution in [0.4, 0.5) is 11.4 Å². The van der Waals surface area contributed by atoms with Crippen LogP contribution in [0.25, 0.3) is 0 Å². The maximum atomic E-state index is 12.8. The van der Waals surface area contributed by atoms with Crippen LogP contribution in [0.5, 0.6) is 0 Å². The van der Waals surface area contributed by atoms with E-state index in [4.69, 9.17) is 5.73 Å². The van der Waals surface area contributed by atoms with E-state index in [9.17, 15) is 9.59 Å². The number of benzene rings is 1. The van der Waals surface area contributed by atoms with Gasteiger partial charge in [0, 0.05) is 37.9 Å². The van der Waals surface area contributed by atoms with Crippen molar-refractivity contribution in [2.45, 2.75) is 26.2 Å². The molecular formula is C16H22ClN3O2. The molecule has 5 nitrogen and oxygen atoms in total. The van der Waals surface area contributed by atoms with Crippen molar-refractivity contribution in [2.75, 3.05) is 30.3 Å². The highest BCUT2D eigenvalue weighted by molar-refractivity contribution is 5.97. The maximum absolute atomic E-state index is 12.8. The molecule has 1 unspecified atom stereocenters. The lowest BCUT2D eigenvalue weighted by Gasteiger charge is -2.32. The van der Waals surface area contributed by atoms with Crippen molar-refractivity contribution in [1.29, 1.82) is 0 Å². The van der Waals surface area contributed by atoms with Gasteiger partial charge in [0.15, 0.2) is 0 Å². The number of rotatable bonds is 1. The van der Waals surface area contributed by atoms with Crippen molar-refractivity contribution >= 4 is 35.6 Å². The Labute approximate surface area is 136 Å². The first-order valence-corrected chi connectivity index (χ1v) is 7.52. The van der Waals surface area contributed by atoms with E-state index in [0.717, 1.165) is 42.7 Å². The molecule has 6 heteroatoms. The Morgan fingerprint density at radius 3 is 2.73 bits per heavy atom. The molecule has 1 saturated heterocycles. The van der Waals surface area contributed by atoms with Crippen molar-refractivity contribution in [2.24, 2.45) is 5.92 Å². The van der Waals surface area contributed by atoms with Gasteiger partial charge in [-0.05, 0) is 37.0 Å². The highest BCUT2D eigenvalue weighted by Crippen LogP contribution is 2.33. The summed E-state index contributed by atoms with van der Waals surface area (Å²) in [4.78, 5) is 27.8. The number of halogens is 1. The highest BCUT2D eigenvalue weighted by Gasteiger charge is 2.34. The summed E-state index contributed by atoms with van der Waals surface area (Å²) in [6.07, 6.45) is 2.62. The van der Waals surface area contributed by atoms with Gasteiger partial charge >= 0.3 is 0 Å². The van der Waals surface area contributed by atoms with Crippen LogP contribution in [-0.2, 0) is 16.0 Å². The number of likely N-dealkylation sites (tertiary alicyclic amines) is 1. The predicted molar refractivity (Wildman–Crippen MR) is 89.1 cm³/mol. The van der Waals surface area contributed by atoms with Gasteiger partial charge in [-0.25, -0.2) is 0 Å². The molecule has 1 aromatic carbocycles. The molecule has 2 heterocycles. The fourth-order valence-electron chi connectivity index (χ4n) is 3.35. The van der Waals surface area contributed by atoms with Crippen molar-refractivity contribution in [3.8, 4) is 0 Å². The molecule has 1 fully saturated rings. The Balaban J connectivity index is 0.00000176. The molecule has 0 aromatic heterocycles. The summed E-state index contributed by atoms with van der Waals surface area (Å²) in [6.45, 7) is 3.53. The van der Waals surface area contributed by atoms with Crippen molar-refractivity contribution in [3.05, 3.63) is 23.8 Å². The highest BCUT2D eigenvalue weighted by atomic mass is 35.5. The Morgan fingerprint density at radius 2 is 2.05 bits per heavy atom. The van der Waals surface area contributed by atoms with E-state index in [1.54, 1.807) is 11.8 Å². The molecule has 0 spiro atoms. The number of nitrogen functional groups attached to an aromatic ring is 1. The number of hydrogen-bond donors (Lipinski definition) is 1. The third-order valence-corrected chi connectivity index (χ3v) is 4.54. The Hall–Kier alpha value is -1.75. The number of nitrogens with zero attached hydrogens (tertiary/aromatic N) is 2. The summed E-state index contributed by atoms with van der Waals surface area (Å²) < 4.78 is 0. The number of nitrogens with two attached hydrogens (primary N) is 1. The maximum Gasteiger partial charge on any atom is 0.231 e. The largest absolute Gasteiger partial charge is 0.398 e. The van der Waals surface area contributed by atoms with Crippen LogP contribution in [-0.4, -0.2) is 36.3 Å². The van der Waals surface area contributed by atoms with Gasteiger partial charge in [-0.2, -0.15) is 0 Å². The monoisotopic (exact) mass is 323 g/mol. The molecule has 3 rings (SSSR count). The molecular weight excluding hydrogens is 302 g/mol. The summed E-state index contributed by atoms with van der Waals surface area (Å²) in [5.41, 5.74) is 8.83. The van der Waals surface area contributed by atoms with Gasteiger partial charge in [-0.1, -0.05) is 6.07 Å². The molecule has 2 amide bonds. The van der Waals surface area contributed by atoms with Crippen LogP contribution < -0.4 is 10.6 Å². The first kappa shape index (κ1) is 16.6. The van der Waals surface area contributed by atoms with Crippen LogP contribution in [0.2, 0.25) is 0 Å². The van der Waals surface area contributed by atoms with E-state index in [2.05, 4.69) is 0 Å². The molecule has 120 valence electrons. The Morgan fingerprint density at radius 1 is 1.27 bits per heavy atom. The summed E-state index contributed by atoms with van der Waals surface area (Å²) in [6, 6.07) is 5.76. The second-order valence-electron chi connectivity index (χ2n) is 5.89. The number of amides is 2. The predicted octanol–water partition coefficient (Wildman–Crippen LogP) is 1.84. The van der Waals surface area contributed by atoms with Crippen LogP contribution in [0.3, 0.4) is 0 Å². The van der Waals surface area contributed by atoms with E-state index >= 15 is 0 Å². The van der Waals surface area contributed by atoms with Gasteiger partial charge in [-0.3, -0.25) is 9.59 Å². The number of fused-ring (bicyclic) bond motifs is 1. The Bertz CT molecular complexity index is 591. The van der Waals surface area contributed by atoms with Crippen molar-refractivity contribution < 1.29 is 9.59 Å². The first-order valence-electron chi connectivity index (χ1n) is 7.52. The first-order chi connectivity index (χ1) is 10.1. The molecule has 2 aliphatic heterocycles. The lowest BCUT2D eigenvalue weighted by Crippen LogP contribution is -2.41. The van der Waals surface area contributed by atoms with Gasteiger partial charge in [-0.15, -0.1) is 12.4 Å². The smallest absolute Gasteiger partial charge is 0.231 e. The number of anilines is 2. The third kappa shape index (κ3) is 2.90. The average molecular weight is 324 g/mol. The molecule has 22 heavy (non-hydrogen) atoms. The lowest BCUT2D eigenvalue weighted by atomic mass is 9.97. The van der Waals surface area contributed by atoms with Crippen molar-refractivity contribution in [1.82, 2.24) is 4.90 Å². The topological polar surface area (TPSA) is 66.6 Å². The van der Waals surface area contributed by atoms with Gasteiger partial charge in [0.2, 0.25) is 11.8 Å². The van der Waals surface area contributed by atoms with Gasteiger partial charge < -0.3 is 15.5 Å².